The van der Waals surface area contributed by atoms with Gasteiger partial charge in [0.1, 0.15) is 0 Å². The van der Waals surface area contributed by atoms with E-state index in [1.807, 2.05) is 0 Å². The van der Waals surface area contributed by atoms with Gasteiger partial charge in [-0.3, -0.25) is 0 Å². The Morgan fingerprint density at radius 1 is 0.625 bits per heavy atom. The van der Waals surface area contributed by atoms with E-state index in [0.29, 0.717) is 12.0 Å². The Balaban J connectivity index is 3.60. The fourth-order valence-corrected chi connectivity index (χ4v) is 4.12. The van der Waals surface area contributed by atoms with E-state index >= 15 is 0 Å². The summed E-state index contributed by atoms with van der Waals surface area (Å²) < 4.78 is 0. The molecule has 0 saturated carbocycles. The highest BCUT2D eigenvalue weighted by Crippen LogP contribution is 2.40. The zero-order valence-electron chi connectivity index (χ0n) is 16.5. The third-order valence-corrected chi connectivity index (χ3v) is 5.10. The molecular formula is C20H42O4. The van der Waals surface area contributed by atoms with Gasteiger partial charge in [0.05, 0.1) is 6.61 Å². The first-order chi connectivity index (χ1) is 11.7. The molecule has 0 aromatic heterocycles. The van der Waals surface area contributed by atoms with Crippen LogP contribution in [0.2, 0.25) is 0 Å². The van der Waals surface area contributed by atoms with Gasteiger partial charge >= 0.3 is 0 Å². The summed E-state index contributed by atoms with van der Waals surface area (Å²) in [6, 6.07) is 0. The molecule has 0 rings (SSSR count). The molecule has 0 aliphatic carbocycles. The highest BCUT2D eigenvalue weighted by molar-refractivity contribution is 4.78. The van der Waals surface area contributed by atoms with E-state index in [-0.39, 0.29) is 0 Å². The minimum Gasteiger partial charge on any atom is -0.219 e. The molecule has 4 nitrogen and oxygen atoms in total. The Hall–Kier alpha value is -0.160. The second kappa shape index (κ2) is 17.7. The molecule has 0 fully saturated rings. The maximum absolute atomic E-state index is 7.90. The normalized spacial score (nSPS) is 12.0. The van der Waals surface area contributed by atoms with Gasteiger partial charge in [-0.2, -0.15) is 0 Å². The summed E-state index contributed by atoms with van der Waals surface area (Å²) in [5.41, 5.74) is 0.638. The van der Waals surface area contributed by atoms with Crippen LogP contribution in [0.25, 0.3) is 0 Å². The number of hydrogen-bond donors (Lipinski definition) is 1. The molecule has 0 unspecified atom stereocenters. The lowest BCUT2D eigenvalue weighted by molar-refractivity contribution is -0.623. The van der Waals surface area contributed by atoms with E-state index in [1.54, 1.807) is 0 Å². The lowest BCUT2D eigenvalue weighted by atomic mass is 9.72. The van der Waals surface area contributed by atoms with Crippen LogP contribution in [0.3, 0.4) is 0 Å². The minimum atomic E-state index is 0.467. The molecule has 0 bridgehead atoms. The molecule has 0 aliphatic rings. The van der Waals surface area contributed by atoms with Crippen LogP contribution in [0.4, 0.5) is 0 Å². The van der Waals surface area contributed by atoms with Crippen molar-refractivity contribution in [3.8, 4) is 0 Å². The minimum absolute atomic E-state index is 0.467. The highest BCUT2D eigenvalue weighted by atomic mass is 17.6. The smallest absolute Gasteiger partial charge is 0.0854 e. The SMILES string of the molecule is CCCC(CCC)(CCC)CCCCCCCCCCOOOO. The third kappa shape index (κ3) is 13.2. The number of hydrogen-bond acceptors (Lipinski definition) is 4. The summed E-state index contributed by atoms with van der Waals surface area (Å²) in [7, 11) is 0. The molecular weight excluding hydrogens is 304 g/mol. The predicted octanol–water partition coefficient (Wildman–Crippen LogP) is 7.24. The predicted molar refractivity (Wildman–Crippen MR) is 99.5 cm³/mol. The molecule has 4 heteroatoms. The summed E-state index contributed by atoms with van der Waals surface area (Å²) in [5.74, 6) is 0. The van der Waals surface area contributed by atoms with Crippen molar-refractivity contribution < 1.29 is 20.2 Å². The van der Waals surface area contributed by atoms with Crippen LogP contribution >= 0.6 is 0 Å². The van der Waals surface area contributed by atoms with Crippen molar-refractivity contribution in [3.05, 3.63) is 0 Å². The molecule has 0 atom stereocenters. The van der Waals surface area contributed by atoms with Crippen molar-refractivity contribution in [2.75, 3.05) is 6.61 Å². The summed E-state index contributed by atoms with van der Waals surface area (Å²) in [5, 5.41) is 15.2. The van der Waals surface area contributed by atoms with Gasteiger partial charge in [-0.15, -0.1) is 0 Å². The van der Waals surface area contributed by atoms with E-state index < -0.39 is 0 Å². The first-order valence-electron chi connectivity index (χ1n) is 10.3. The molecule has 24 heavy (non-hydrogen) atoms. The van der Waals surface area contributed by atoms with Crippen LogP contribution in [-0.4, -0.2) is 11.9 Å². The zero-order chi connectivity index (χ0) is 17.9. The Bertz CT molecular complexity index is 229. The standard InChI is InChI=1S/C20H42O4/c1-4-15-20(16-5-2,17-6-3)18-13-11-9-7-8-10-12-14-19-22-24-23-21/h21H,4-19H2,1-3H3. The van der Waals surface area contributed by atoms with Crippen LogP contribution in [0.1, 0.15) is 117 Å². The van der Waals surface area contributed by atoms with Crippen molar-refractivity contribution in [2.45, 2.75) is 117 Å². The lowest BCUT2D eigenvalue weighted by Gasteiger charge is -2.34. The first kappa shape index (κ1) is 23.8. The molecule has 0 aromatic rings. The maximum Gasteiger partial charge on any atom is 0.0854 e. The van der Waals surface area contributed by atoms with Gasteiger partial charge in [-0.05, 0) is 47.6 Å². The molecule has 0 aliphatic heterocycles. The van der Waals surface area contributed by atoms with Gasteiger partial charge in [0, 0.05) is 0 Å². The molecule has 0 spiro atoms. The fourth-order valence-electron chi connectivity index (χ4n) is 4.12. The Morgan fingerprint density at radius 2 is 1.08 bits per heavy atom. The molecule has 0 saturated heterocycles. The second-order valence-electron chi connectivity index (χ2n) is 7.29. The maximum atomic E-state index is 7.90. The average molecular weight is 347 g/mol. The topological polar surface area (TPSA) is 47.9 Å². The molecule has 0 amide bonds. The van der Waals surface area contributed by atoms with E-state index in [0.717, 1.165) is 12.8 Å². The summed E-state index contributed by atoms with van der Waals surface area (Å²) >= 11 is 0. The summed E-state index contributed by atoms with van der Waals surface area (Å²) in [6.45, 7) is 7.49. The second-order valence-corrected chi connectivity index (χ2v) is 7.29. The van der Waals surface area contributed by atoms with Gasteiger partial charge < -0.3 is 0 Å². The van der Waals surface area contributed by atoms with Crippen LogP contribution in [-0.2, 0) is 15.0 Å². The monoisotopic (exact) mass is 346 g/mol. The van der Waals surface area contributed by atoms with Crippen LogP contribution < -0.4 is 0 Å². The average Bonchev–Trinajstić information content (AvgIpc) is 2.56. The van der Waals surface area contributed by atoms with E-state index in [9.17, 15) is 0 Å². The zero-order valence-corrected chi connectivity index (χ0v) is 16.5. The van der Waals surface area contributed by atoms with Crippen LogP contribution in [0.5, 0.6) is 0 Å². The van der Waals surface area contributed by atoms with Gasteiger partial charge in [-0.25, -0.2) is 10.1 Å². The Morgan fingerprint density at radius 3 is 1.54 bits per heavy atom. The van der Waals surface area contributed by atoms with Crippen LogP contribution in [0.15, 0.2) is 0 Å². The van der Waals surface area contributed by atoms with E-state index in [1.165, 1.54) is 83.5 Å². The van der Waals surface area contributed by atoms with Crippen molar-refractivity contribution >= 4 is 0 Å². The van der Waals surface area contributed by atoms with Gasteiger partial charge in [0.25, 0.3) is 0 Å². The molecule has 1 N–H and O–H groups in total. The largest absolute Gasteiger partial charge is 0.219 e. The molecule has 0 heterocycles. The van der Waals surface area contributed by atoms with E-state index in [2.05, 4.69) is 35.7 Å². The summed E-state index contributed by atoms with van der Waals surface area (Å²) in [4.78, 5) is 4.56. The molecule has 0 radical (unpaired) electrons. The van der Waals surface area contributed by atoms with Crippen molar-refractivity contribution in [3.63, 3.8) is 0 Å². The van der Waals surface area contributed by atoms with Gasteiger partial charge in [-0.1, -0.05) is 85.0 Å². The molecule has 146 valence electrons. The number of unbranched alkanes of at least 4 members (excludes halogenated alkanes) is 7. The van der Waals surface area contributed by atoms with Crippen LogP contribution in [0, 0.1) is 5.41 Å². The highest BCUT2D eigenvalue weighted by Gasteiger charge is 2.26. The van der Waals surface area contributed by atoms with Gasteiger partial charge in [0.2, 0.25) is 0 Å². The fraction of sp³-hybridized carbons (Fsp3) is 1.00. The van der Waals surface area contributed by atoms with E-state index in [4.69, 9.17) is 5.26 Å². The lowest BCUT2D eigenvalue weighted by Crippen LogP contribution is -2.20. The van der Waals surface area contributed by atoms with Crippen molar-refractivity contribution in [1.82, 2.24) is 0 Å². The Labute approximate surface area is 150 Å². The quantitative estimate of drug-likeness (QED) is 0.152. The van der Waals surface area contributed by atoms with Gasteiger partial charge in [0.15, 0.2) is 0 Å². The Kier molecular flexibility index (Phi) is 17.5. The molecule has 0 aromatic carbocycles. The summed E-state index contributed by atoms with van der Waals surface area (Å²) in [6.07, 6.45) is 19.8. The van der Waals surface area contributed by atoms with Crippen molar-refractivity contribution in [2.24, 2.45) is 5.41 Å². The first-order valence-corrected chi connectivity index (χ1v) is 10.3. The van der Waals surface area contributed by atoms with Crippen molar-refractivity contribution in [1.29, 1.82) is 0 Å². The number of rotatable bonds is 19. The third-order valence-electron chi connectivity index (χ3n) is 5.10.